The van der Waals surface area contributed by atoms with Crippen molar-refractivity contribution in [1.29, 1.82) is 0 Å². The van der Waals surface area contributed by atoms with Crippen LogP contribution < -0.4 is 5.69 Å². The highest BCUT2D eigenvalue weighted by molar-refractivity contribution is 5.92. The molecule has 23 heavy (non-hydrogen) atoms. The van der Waals surface area contributed by atoms with Gasteiger partial charge in [-0.25, -0.2) is 14.8 Å². The standard InChI is InChI=1S/C15H14N6O2/c22-14(11-3-1-2-5-17-11)20-6-4-10(8-20)21-13-12(19-15(21)23)7-16-9-18-13/h1-3,5,7,9-10H,4,6,8H2,(H,19,23)/t10-/m0/s1. The minimum Gasteiger partial charge on any atom is -0.335 e. The second-order valence-electron chi connectivity index (χ2n) is 5.47. The Bertz CT molecular complexity index is 916. The van der Waals surface area contributed by atoms with Crippen molar-refractivity contribution in [3.8, 4) is 0 Å². The van der Waals surface area contributed by atoms with Gasteiger partial charge in [-0.3, -0.25) is 14.3 Å². The van der Waals surface area contributed by atoms with Gasteiger partial charge in [0, 0.05) is 19.3 Å². The predicted molar refractivity (Wildman–Crippen MR) is 81.9 cm³/mol. The first-order valence-corrected chi connectivity index (χ1v) is 7.34. The molecule has 1 fully saturated rings. The highest BCUT2D eigenvalue weighted by atomic mass is 16.2. The van der Waals surface area contributed by atoms with E-state index in [2.05, 4.69) is 19.9 Å². The first-order chi connectivity index (χ1) is 11.2. The number of fused-ring (bicyclic) bond motifs is 1. The fraction of sp³-hybridized carbons (Fsp3) is 0.267. The smallest absolute Gasteiger partial charge is 0.328 e. The number of carbonyl (C=O) groups is 1. The Morgan fingerprint density at radius 3 is 3.04 bits per heavy atom. The monoisotopic (exact) mass is 310 g/mol. The molecule has 1 amide bonds. The van der Waals surface area contributed by atoms with E-state index in [0.29, 0.717) is 36.4 Å². The molecule has 116 valence electrons. The van der Waals surface area contributed by atoms with E-state index in [9.17, 15) is 9.59 Å². The summed E-state index contributed by atoms with van der Waals surface area (Å²) in [6.45, 7) is 1.05. The van der Waals surface area contributed by atoms with E-state index in [1.807, 2.05) is 0 Å². The number of hydrogen-bond acceptors (Lipinski definition) is 5. The molecule has 0 aliphatic carbocycles. The molecule has 4 heterocycles. The molecule has 8 heteroatoms. The third-order valence-electron chi connectivity index (χ3n) is 4.08. The molecule has 1 aliphatic rings. The number of pyridine rings is 1. The lowest BCUT2D eigenvalue weighted by Gasteiger charge is -2.16. The second-order valence-corrected chi connectivity index (χ2v) is 5.47. The van der Waals surface area contributed by atoms with Crippen molar-refractivity contribution in [2.75, 3.05) is 13.1 Å². The van der Waals surface area contributed by atoms with Crippen molar-refractivity contribution in [2.45, 2.75) is 12.5 Å². The van der Waals surface area contributed by atoms with Crippen molar-refractivity contribution in [3.63, 3.8) is 0 Å². The number of imidazole rings is 1. The predicted octanol–water partition coefficient (Wildman–Crippen LogP) is 0.602. The van der Waals surface area contributed by atoms with Crippen molar-refractivity contribution in [2.24, 2.45) is 0 Å². The molecule has 1 N–H and O–H groups in total. The summed E-state index contributed by atoms with van der Waals surface area (Å²) in [6.07, 6.45) is 5.29. The van der Waals surface area contributed by atoms with Crippen LogP contribution in [0.15, 0.2) is 41.7 Å². The lowest BCUT2D eigenvalue weighted by molar-refractivity contribution is 0.0782. The van der Waals surface area contributed by atoms with Crippen molar-refractivity contribution in [3.05, 3.63) is 53.1 Å². The molecule has 3 aromatic rings. The topological polar surface area (TPSA) is 96.8 Å². The summed E-state index contributed by atoms with van der Waals surface area (Å²) in [5, 5.41) is 0. The summed E-state index contributed by atoms with van der Waals surface area (Å²) < 4.78 is 1.61. The summed E-state index contributed by atoms with van der Waals surface area (Å²) in [7, 11) is 0. The Morgan fingerprint density at radius 2 is 2.22 bits per heavy atom. The molecule has 1 aliphatic heterocycles. The molecular formula is C15H14N6O2. The van der Waals surface area contributed by atoms with Gasteiger partial charge in [0.25, 0.3) is 5.91 Å². The van der Waals surface area contributed by atoms with Crippen LogP contribution in [0.1, 0.15) is 23.0 Å². The molecule has 0 spiro atoms. The Morgan fingerprint density at radius 1 is 1.30 bits per heavy atom. The summed E-state index contributed by atoms with van der Waals surface area (Å²) in [5.74, 6) is -0.115. The van der Waals surface area contributed by atoms with Crippen LogP contribution in [-0.2, 0) is 0 Å². The number of nitrogens with zero attached hydrogens (tertiary/aromatic N) is 5. The maximum Gasteiger partial charge on any atom is 0.328 e. The summed E-state index contributed by atoms with van der Waals surface area (Å²) >= 11 is 0. The number of aromatic amines is 1. The lowest BCUT2D eigenvalue weighted by atomic mass is 10.2. The van der Waals surface area contributed by atoms with Crippen LogP contribution in [0.5, 0.6) is 0 Å². The van der Waals surface area contributed by atoms with Crippen LogP contribution in [-0.4, -0.2) is 48.4 Å². The van der Waals surface area contributed by atoms with E-state index in [4.69, 9.17) is 0 Å². The number of amides is 1. The van der Waals surface area contributed by atoms with Crippen LogP contribution >= 0.6 is 0 Å². The summed E-state index contributed by atoms with van der Waals surface area (Å²) in [5.41, 5.74) is 1.37. The van der Waals surface area contributed by atoms with Gasteiger partial charge in [0.05, 0.1) is 12.2 Å². The first kappa shape index (κ1) is 13.6. The molecule has 1 saturated heterocycles. The van der Waals surface area contributed by atoms with Crippen LogP contribution in [0.25, 0.3) is 11.2 Å². The Balaban J connectivity index is 1.62. The molecule has 3 aromatic heterocycles. The normalized spacial score (nSPS) is 17.7. The molecule has 4 rings (SSSR count). The van der Waals surface area contributed by atoms with E-state index in [-0.39, 0.29) is 17.6 Å². The van der Waals surface area contributed by atoms with Crippen molar-refractivity contribution >= 4 is 17.1 Å². The Hall–Kier alpha value is -3.03. The van der Waals surface area contributed by atoms with E-state index in [1.54, 1.807) is 40.1 Å². The minimum atomic E-state index is -0.224. The van der Waals surface area contributed by atoms with E-state index in [0.717, 1.165) is 0 Å². The van der Waals surface area contributed by atoms with E-state index < -0.39 is 0 Å². The van der Waals surface area contributed by atoms with E-state index >= 15 is 0 Å². The van der Waals surface area contributed by atoms with Gasteiger partial charge in [-0.2, -0.15) is 0 Å². The quantitative estimate of drug-likeness (QED) is 0.747. The third-order valence-corrected chi connectivity index (χ3v) is 4.08. The largest absolute Gasteiger partial charge is 0.335 e. The zero-order valence-electron chi connectivity index (χ0n) is 12.2. The third kappa shape index (κ3) is 2.28. The zero-order valence-corrected chi connectivity index (χ0v) is 12.2. The number of likely N-dealkylation sites (tertiary alicyclic amines) is 1. The highest BCUT2D eigenvalue weighted by Crippen LogP contribution is 2.23. The zero-order chi connectivity index (χ0) is 15.8. The maximum atomic E-state index is 12.5. The SMILES string of the molecule is O=C(c1ccccn1)N1CC[C@H](n2c(=O)[nH]c3cncnc32)C1. The summed E-state index contributed by atoms with van der Waals surface area (Å²) in [6, 6.07) is 5.16. The fourth-order valence-corrected chi connectivity index (χ4v) is 3.00. The van der Waals surface area contributed by atoms with Gasteiger partial charge < -0.3 is 9.88 Å². The second kappa shape index (κ2) is 5.31. The van der Waals surface area contributed by atoms with Gasteiger partial charge in [-0.15, -0.1) is 0 Å². The van der Waals surface area contributed by atoms with Gasteiger partial charge in [-0.1, -0.05) is 6.07 Å². The van der Waals surface area contributed by atoms with Crippen LogP contribution in [0.2, 0.25) is 0 Å². The summed E-state index contributed by atoms with van der Waals surface area (Å²) in [4.78, 5) is 41.3. The number of hydrogen-bond donors (Lipinski definition) is 1. The maximum absolute atomic E-state index is 12.5. The molecule has 0 radical (unpaired) electrons. The van der Waals surface area contributed by atoms with Gasteiger partial charge >= 0.3 is 5.69 Å². The minimum absolute atomic E-state index is 0.0983. The molecule has 0 saturated carbocycles. The number of aromatic nitrogens is 5. The Labute approximate surface area is 130 Å². The Kier molecular flexibility index (Phi) is 3.14. The number of nitrogens with one attached hydrogen (secondary N) is 1. The fourth-order valence-electron chi connectivity index (χ4n) is 3.00. The van der Waals surface area contributed by atoms with Gasteiger partial charge in [0.2, 0.25) is 0 Å². The number of rotatable bonds is 2. The number of H-pyrrole nitrogens is 1. The molecular weight excluding hydrogens is 296 g/mol. The lowest BCUT2D eigenvalue weighted by Crippen LogP contribution is -2.31. The van der Waals surface area contributed by atoms with Crippen LogP contribution in [0.3, 0.4) is 0 Å². The first-order valence-electron chi connectivity index (χ1n) is 7.34. The van der Waals surface area contributed by atoms with Crippen LogP contribution in [0, 0.1) is 0 Å². The molecule has 1 atom stereocenters. The van der Waals surface area contributed by atoms with Gasteiger partial charge in [0.1, 0.15) is 17.5 Å². The van der Waals surface area contributed by atoms with Gasteiger partial charge in [-0.05, 0) is 18.6 Å². The highest BCUT2D eigenvalue weighted by Gasteiger charge is 2.30. The number of carbonyl (C=O) groups excluding carboxylic acids is 1. The molecule has 8 nitrogen and oxygen atoms in total. The van der Waals surface area contributed by atoms with Crippen molar-refractivity contribution in [1.82, 2.24) is 29.4 Å². The average Bonchev–Trinajstić information content (AvgIpc) is 3.18. The van der Waals surface area contributed by atoms with Crippen molar-refractivity contribution < 1.29 is 4.79 Å². The van der Waals surface area contributed by atoms with Crippen LogP contribution in [0.4, 0.5) is 0 Å². The van der Waals surface area contributed by atoms with Gasteiger partial charge in [0.15, 0.2) is 5.65 Å². The molecule has 0 aromatic carbocycles. The average molecular weight is 310 g/mol. The molecule has 0 unspecified atom stereocenters. The van der Waals surface area contributed by atoms with E-state index in [1.165, 1.54) is 6.33 Å². The molecule has 0 bridgehead atoms.